The summed E-state index contributed by atoms with van der Waals surface area (Å²) in [7, 11) is -3.68. The smallest absolute Gasteiger partial charge is 0.360 e. The van der Waals surface area contributed by atoms with Crippen molar-refractivity contribution in [1.29, 1.82) is 0 Å². The molecular formula is C16H22NO4P. The molecule has 0 aliphatic rings. The minimum Gasteiger partial charge on any atom is -0.379 e. The Morgan fingerprint density at radius 3 is 2.32 bits per heavy atom. The maximum Gasteiger partial charge on any atom is 0.360 e. The van der Waals surface area contributed by atoms with Crippen molar-refractivity contribution in [1.82, 2.24) is 0 Å². The zero-order valence-electron chi connectivity index (χ0n) is 12.8. The minimum atomic E-state index is -3.68. The van der Waals surface area contributed by atoms with Crippen LogP contribution in [0.3, 0.4) is 0 Å². The predicted molar refractivity (Wildman–Crippen MR) is 87.7 cm³/mol. The van der Waals surface area contributed by atoms with Crippen molar-refractivity contribution in [2.75, 3.05) is 13.2 Å². The summed E-state index contributed by atoms with van der Waals surface area (Å²) >= 11 is 0. The van der Waals surface area contributed by atoms with E-state index in [1.54, 1.807) is 13.8 Å². The van der Waals surface area contributed by atoms with Crippen molar-refractivity contribution < 1.29 is 18.7 Å². The van der Waals surface area contributed by atoms with Crippen molar-refractivity contribution in [3.8, 4) is 0 Å². The van der Waals surface area contributed by atoms with Crippen molar-refractivity contribution in [2.24, 2.45) is 5.73 Å². The maximum atomic E-state index is 12.7. The molecule has 0 amide bonds. The number of aliphatic hydroxyl groups is 1. The highest BCUT2D eigenvalue weighted by Gasteiger charge is 2.39. The van der Waals surface area contributed by atoms with E-state index in [1.807, 2.05) is 42.5 Å². The van der Waals surface area contributed by atoms with Crippen molar-refractivity contribution >= 4 is 18.4 Å². The second-order valence-corrected chi connectivity index (χ2v) is 7.01. The summed E-state index contributed by atoms with van der Waals surface area (Å²) in [5.74, 6) is -1.42. The molecule has 0 radical (unpaired) electrons. The summed E-state index contributed by atoms with van der Waals surface area (Å²) in [6.07, 6.45) is 0. The Bertz CT molecular complexity index is 661. The summed E-state index contributed by atoms with van der Waals surface area (Å²) in [6, 6.07) is 12.5. The van der Waals surface area contributed by atoms with Gasteiger partial charge in [0, 0.05) is 0 Å². The average molecular weight is 323 g/mol. The van der Waals surface area contributed by atoms with Gasteiger partial charge in [0.15, 0.2) is 5.85 Å². The minimum absolute atomic E-state index is 0.177. The summed E-state index contributed by atoms with van der Waals surface area (Å²) in [6.45, 7) is 3.75. The van der Waals surface area contributed by atoms with Crippen LogP contribution in [0.5, 0.6) is 0 Å². The highest BCUT2D eigenvalue weighted by Crippen LogP contribution is 2.55. The molecule has 0 fully saturated rings. The fraction of sp³-hybridized carbons (Fsp3) is 0.375. The molecule has 0 saturated carbocycles. The molecule has 0 unspecified atom stereocenters. The van der Waals surface area contributed by atoms with Gasteiger partial charge < -0.3 is 19.9 Å². The van der Waals surface area contributed by atoms with Crippen molar-refractivity contribution in [3.05, 3.63) is 48.0 Å². The Morgan fingerprint density at radius 2 is 1.68 bits per heavy atom. The van der Waals surface area contributed by atoms with Gasteiger partial charge in [-0.2, -0.15) is 0 Å². The van der Waals surface area contributed by atoms with Gasteiger partial charge in [0.1, 0.15) is 0 Å². The highest BCUT2D eigenvalue weighted by molar-refractivity contribution is 7.54. The number of rotatable bonds is 7. The topological polar surface area (TPSA) is 81.8 Å². The molecule has 0 aliphatic carbocycles. The van der Waals surface area contributed by atoms with E-state index in [-0.39, 0.29) is 13.2 Å². The third kappa shape index (κ3) is 3.40. The lowest BCUT2D eigenvalue weighted by atomic mass is 10.00. The summed E-state index contributed by atoms with van der Waals surface area (Å²) in [4.78, 5) is 0. The van der Waals surface area contributed by atoms with Crippen LogP contribution in [-0.4, -0.2) is 24.2 Å². The Kier molecular flexibility index (Phi) is 5.73. The molecule has 3 N–H and O–H groups in total. The van der Waals surface area contributed by atoms with Crippen LogP contribution in [0.25, 0.3) is 10.8 Å². The number of benzene rings is 2. The lowest BCUT2D eigenvalue weighted by Crippen LogP contribution is -2.28. The van der Waals surface area contributed by atoms with Crippen LogP contribution in [0.15, 0.2) is 42.5 Å². The first-order chi connectivity index (χ1) is 10.5. The largest absolute Gasteiger partial charge is 0.379 e. The van der Waals surface area contributed by atoms with Gasteiger partial charge in [0.25, 0.3) is 0 Å². The molecule has 0 spiro atoms. The Morgan fingerprint density at radius 1 is 1.09 bits per heavy atom. The predicted octanol–water partition coefficient (Wildman–Crippen LogP) is 3.42. The van der Waals surface area contributed by atoms with Gasteiger partial charge in [-0.25, -0.2) is 0 Å². The first-order valence-corrected chi connectivity index (χ1v) is 8.94. The molecular weight excluding hydrogens is 301 g/mol. The molecule has 0 heterocycles. The molecule has 2 atom stereocenters. The Hall–Kier alpha value is -1.23. The van der Waals surface area contributed by atoms with Gasteiger partial charge in [-0.15, -0.1) is 0 Å². The van der Waals surface area contributed by atoms with E-state index in [0.717, 1.165) is 10.8 Å². The standard InChI is InChI=1S/C16H22NO4P/c1-3-20-22(19,21-4-2)16(18)15(17)14-11-7-9-12-8-5-6-10-13(12)14/h5-11,15-16,18H,3-4,17H2,1-2H3/t15-,16+/m1/s1. The van der Waals surface area contributed by atoms with E-state index in [9.17, 15) is 9.67 Å². The van der Waals surface area contributed by atoms with Gasteiger partial charge in [-0.1, -0.05) is 42.5 Å². The fourth-order valence-corrected chi connectivity index (χ4v) is 4.10. The van der Waals surface area contributed by atoms with Gasteiger partial charge in [-0.3, -0.25) is 4.57 Å². The van der Waals surface area contributed by atoms with Crippen LogP contribution in [0, 0.1) is 0 Å². The summed E-state index contributed by atoms with van der Waals surface area (Å²) < 4.78 is 23.1. The molecule has 5 nitrogen and oxygen atoms in total. The second-order valence-electron chi connectivity index (χ2n) is 4.88. The maximum absolute atomic E-state index is 12.7. The number of aliphatic hydroxyl groups excluding tert-OH is 1. The molecule has 0 bridgehead atoms. The van der Waals surface area contributed by atoms with E-state index in [4.69, 9.17) is 14.8 Å². The summed E-state index contributed by atoms with van der Waals surface area (Å²) in [5.41, 5.74) is 6.88. The van der Waals surface area contributed by atoms with E-state index in [0.29, 0.717) is 5.56 Å². The molecule has 0 saturated heterocycles. The van der Waals surface area contributed by atoms with Gasteiger partial charge in [-0.05, 0) is 30.2 Å². The zero-order chi connectivity index (χ0) is 16.2. The van der Waals surface area contributed by atoms with E-state index >= 15 is 0 Å². The van der Waals surface area contributed by atoms with Crippen LogP contribution in [0.4, 0.5) is 0 Å². The number of nitrogens with two attached hydrogens (primary N) is 1. The number of fused-ring (bicyclic) bond motifs is 1. The molecule has 6 heteroatoms. The van der Waals surface area contributed by atoms with Crippen molar-refractivity contribution in [3.63, 3.8) is 0 Å². The molecule has 0 aromatic heterocycles. The quantitative estimate of drug-likeness (QED) is 0.763. The Labute approximate surface area is 130 Å². The van der Waals surface area contributed by atoms with E-state index in [2.05, 4.69) is 0 Å². The molecule has 0 aliphatic heterocycles. The van der Waals surface area contributed by atoms with E-state index in [1.165, 1.54) is 0 Å². The third-order valence-electron chi connectivity index (χ3n) is 3.45. The normalized spacial score (nSPS) is 14.9. The van der Waals surface area contributed by atoms with E-state index < -0.39 is 19.5 Å². The van der Waals surface area contributed by atoms with Crippen LogP contribution in [0.1, 0.15) is 25.5 Å². The number of hydrogen-bond acceptors (Lipinski definition) is 5. The van der Waals surface area contributed by atoms with Crippen molar-refractivity contribution in [2.45, 2.75) is 25.7 Å². The summed E-state index contributed by atoms with van der Waals surface area (Å²) in [5, 5.41) is 12.4. The SMILES string of the molecule is CCOP(=O)(OCC)[C@H](O)[C@H](N)c1cccc2ccccc12. The van der Waals surface area contributed by atoms with Crippen LogP contribution in [0.2, 0.25) is 0 Å². The molecule has 2 aromatic rings. The number of hydrogen-bond donors (Lipinski definition) is 2. The lowest BCUT2D eigenvalue weighted by molar-refractivity contribution is 0.134. The molecule has 2 rings (SSSR count). The van der Waals surface area contributed by atoms with Gasteiger partial charge in [0.2, 0.25) is 0 Å². The first-order valence-electron chi connectivity index (χ1n) is 7.33. The average Bonchev–Trinajstić information content (AvgIpc) is 2.53. The molecule has 120 valence electrons. The van der Waals surface area contributed by atoms with Gasteiger partial charge >= 0.3 is 7.60 Å². The van der Waals surface area contributed by atoms with Crippen LogP contribution >= 0.6 is 7.60 Å². The lowest BCUT2D eigenvalue weighted by Gasteiger charge is -2.27. The monoisotopic (exact) mass is 323 g/mol. The second kappa shape index (κ2) is 7.36. The third-order valence-corrected chi connectivity index (χ3v) is 5.65. The van der Waals surface area contributed by atoms with Gasteiger partial charge in [0.05, 0.1) is 19.3 Å². The fourth-order valence-electron chi connectivity index (χ4n) is 2.45. The molecule has 2 aromatic carbocycles. The highest BCUT2D eigenvalue weighted by atomic mass is 31.2. The first kappa shape index (κ1) is 17.1. The van der Waals surface area contributed by atoms with Crippen LogP contribution in [-0.2, 0) is 13.6 Å². The van der Waals surface area contributed by atoms with Crippen LogP contribution < -0.4 is 5.73 Å². The Balaban J connectivity index is 2.40. The zero-order valence-corrected chi connectivity index (χ0v) is 13.7. The molecule has 22 heavy (non-hydrogen) atoms.